The molecular weight excluding hydrogens is 333 g/mol. The summed E-state index contributed by atoms with van der Waals surface area (Å²) in [5, 5.41) is 4.12. The van der Waals surface area contributed by atoms with Gasteiger partial charge in [0, 0.05) is 41.8 Å². The topological polar surface area (TPSA) is 35.6 Å². The summed E-state index contributed by atoms with van der Waals surface area (Å²) in [5.41, 5.74) is 0.881. The molecule has 6 heteroatoms. The van der Waals surface area contributed by atoms with Gasteiger partial charge in [-0.2, -0.15) is 0 Å². The van der Waals surface area contributed by atoms with E-state index in [1.54, 1.807) is 12.1 Å². The van der Waals surface area contributed by atoms with Gasteiger partial charge in [-0.3, -0.25) is 4.90 Å². The van der Waals surface area contributed by atoms with Crippen LogP contribution in [0.2, 0.25) is 10.0 Å². The van der Waals surface area contributed by atoms with Crippen LogP contribution in [0.5, 0.6) is 0 Å². The third-order valence-corrected chi connectivity index (χ3v) is 5.50. The van der Waals surface area contributed by atoms with Crippen LogP contribution in [0.15, 0.2) is 18.2 Å². The lowest BCUT2D eigenvalue weighted by Crippen LogP contribution is -2.64. The van der Waals surface area contributed by atoms with E-state index in [9.17, 15) is 4.79 Å². The van der Waals surface area contributed by atoms with E-state index in [4.69, 9.17) is 23.2 Å². The molecule has 2 aliphatic heterocycles. The molecule has 1 N–H and O–H groups in total. The van der Waals surface area contributed by atoms with Gasteiger partial charge in [-0.05, 0) is 44.0 Å². The maximum Gasteiger partial charge on any atom is 0.317 e. The van der Waals surface area contributed by atoms with Gasteiger partial charge >= 0.3 is 6.03 Å². The maximum atomic E-state index is 12.2. The van der Waals surface area contributed by atoms with E-state index in [1.165, 1.54) is 25.8 Å². The van der Waals surface area contributed by atoms with Crippen LogP contribution in [0.25, 0.3) is 0 Å². The molecule has 1 aromatic rings. The minimum absolute atomic E-state index is 0.0167. The second-order valence-corrected chi connectivity index (χ2v) is 7.38. The van der Waals surface area contributed by atoms with Crippen LogP contribution in [-0.4, -0.2) is 47.5 Å². The lowest BCUT2D eigenvalue weighted by molar-refractivity contribution is 0.0169. The number of carbonyl (C=O) groups is 1. The van der Waals surface area contributed by atoms with Gasteiger partial charge in [-0.15, -0.1) is 0 Å². The Kier molecular flexibility index (Phi) is 5.34. The average molecular weight is 356 g/mol. The molecule has 0 saturated carbocycles. The SMILES string of the molecule is CC1CCCCN1C1CN(C(=O)NCc2ccc(Cl)cc2Cl)C1. The number of likely N-dealkylation sites (tertiary alicyclic amines) is 2. The molecule has 0 aliphatic carbocycles. The highest BCUT2D eigenvalue weighted by Crippen LogP contribution is 2.25. The number of rotatable bonds is 3. The summed E-state index contributed by atoms with van der Waals surface area (Å²) >= 11 is 12.0. The highest BCUT2D eigenvalue weighted by molar-refractivity contribution is 6.35. The van der Waals surface area contributed by atoms with E-state index in [2.05, 4.69) is 17.1 Å². The van der Waals surface area contributed by atoms with Gasteiger partial charge in [0.1, 0.15) is 0 Å². The Hall–Kier alpha value is -0.970. The van der Waals surface area contributed by atoms with Crippen molar-refractivity contribution in [3.05, 3.63) is 33.8 Å². The van der Waals surface area contributed by atoms with Crippen LogP contribution >= 0.6 is 23.2 Å². The molecule has 0 spiro atoms. The second kappa shape index (κ2) is 7.29. The van der Waals surface area contributed by atoms with Crippen molar-refractivity contribution in [1.82, 2.24) is 15.1 Å². The number of nitrogens with zero attached hydrogens (tertiary/aromatic N) is 2. The Bertz CT molecular complexity index is 575. The summed E-state index contributed by atoms with van der Waals surface area (Å²) in [5.74, 6) is 0. The molecule has 126 valence electrons. The van der Waals surface area contributed by atoms with Gasteiger partial charge in [0.05, 0.1) is 0 Å². The van der Waals surface area contributed by atoms with Gasteiger partial charge in [-0.25, -0.2) is 4.79 Å². The van der Waals surface area contributed by atoms with Crippen LogP contribution in [0, 0.1) is 0 Å². The molecule has 4 nitrogen and oxygen atoms in total. The fourth-order valence-corrected chi connectivity index (χ4v) is 3.92. The van der Waals surface area contributed by atoms with E-state index >= 15 is 0 Å². The monoisotopic (exact) mass is 355 g/mol. The Morgan fingerprint density at radius 3 is 2.78 bits per heavy atom. The number of benzene rings is 1. The summed E-state index contributed by atoms with van der Waals surface area (Å²) < 4.78 is 0. The minimum Gasteiger partial charge on any atom is -0.334 e. The summed E-state index contributed by atoms with van der Waals surface area (Å²) in [4.78, 5) is 16.6. The third-order valence-electron chi connectivity index (χ3n) is 4.92. The van der Waals surface area contributed by atoms with Gasteiger partial charge in [0.2, 0.25) is 0 Å². The number of piperidine rings is 1. The summed E-state index contributed by atoms with van der Waals surface area (Å²) in [6, 6.07) is 6.48. The molecule has 0 radical (unpaired) electrons. The molecule has 1 aromatic carbocycles. The van der Waals surface area contributed by atoms with E-state index in [0.29, 0.717) is 28.7 Å². The smallest absolute Gasteiger partial charge is 0.317 e. The lowest BCUT2D eigenvalue weighted by atomic mass is 9.98. The number of urea groups is 1. The largest absolute Gasteiger partial charge is 0.334 e. The number of amides is 2. The Labute approximate surface area is 147 Å². The third kappa shape index (κ3) is 3.93. The number of hydrogen-bond donors (Lipinski definition) is 1. The Morgan fingerprint density at radius 2 is 2.09 bits per heavy atom. The first-order valence-corrected chi connectivity index (χ1v) is 9.02. The number of carbonyl (C=O) groups excluding carboxylic acids is 1. The van der Waals surface area contributed by atoms with Crippen molar-refractivity contribution in [3.63, 3.8) is 0 Å². The van der Waals surface area contributed by atoms with E-state index in [1.807, 2.05) is 11.0 Å². The summed E-state index contributed by atoms with van der Waals surface area (Å²) in [6.45, 7) is 5.54. The van der Waals surface area contributed by atoms with Crippen molar-refractivity contribution in [2.45, 2.75) is 44.8 Å². The Balaban J connectivity index is 1.45. The fraction of sp³-hybridized carbons (Fsp3) is 0.588. The zero-order valence-corrected chi connectivity index (χ0v) is 14.9. The van der Waals surface area contributed by atoms with Crippen LogP contribution in [0.4, 0.5) is 4.79 Å². The van der Waals surface area contributed by atoms with Crippen molar-refractivity contribution in [3.8, 4) is 0 Å². The molecule has 2 saturated heterocycles. The lowest BCUT2D eigenvalue weighted by Gasteiger charge is -2.49. The number of halogens is 2. The average Bonchev–Trinajstić information content (AvgIpc) is 2.47. The van der Waals surface area contributed by atoms with Gasteiger partial charge in [-0.1, -0.05) is 35.7 Å². The van der Waals surface area contributed by atoms with Crippen LogP contribution < -0.4 is 5.32 Å². The first kappa shape index (κ1) is 16.9. The molecule has 2 aliphatic rings. The van der Waals surface area contributed by atoms with E-state index in [0.717, 1.165) is 18.7 Å². The standard InChI is InChI=1S/C17H23Cl2N3O/c1-12-4-2-3-7-22(12)15-10-21(11-15)17(23)20-9-13-5-6-14(18)8-16(13)19/h5-6,8,12,15H,2-4,7,9-11H2,1H3,(H,20,23). The van der Waals surface area contributed by atoms with Crippen molar-refractivity contribution in [2.75, 3.05) is 19.6 Å². The molecule has 2 amide bonds. The van der Waals surface area contributed by atoms with Crippen LogP contribution in [0.1, 0.15) is 31.7 Å². The predicted molar refractivity (Wildman–Crippen MR) is 94.1 cm³/mol. The predicted octanol–water partition coefficient (Wildman–Crippen LogP) is 3.76. The summed E-state index contributed by atoms with van der Waals surface area (Å²) in [6.07, 6.45) is 3.89. The second-order valence-electron chi connectivity index (χ2n) is 6.54. The number of nitrogens with one attached hydrogen (secondary N) is 1. The van der Waals surface area contributed by atoms with Crippen molar-refractivity contribution in [1.29, 1.82) is 0 Å². The van der Waals surface area contributed by atoms with Gasteiger partial charge in [0.15, 0.2) is 0 Å². The molecule has 1 atom stereocenters. The van der Waals surface area contributed by atoms with Crippen molar-refractivity contribution < 1.29 is 4.79 Å². The normalized spacial score (nSPS) is 22.7. The first-order chi connectivity index (χ1) is 11.0. The molecule has 2 heterocycles. The van der Waals surface area contributed by atoms with Gasteiger partial charge in [0.25, 0.3) is 0 Å². The van der Waals surface area contributed by atoms with E-state index < -0.39 is 0 Å². The van der Waals surface area contributed by atoms with Crippen LogP contribution in [-0.2, 0) is 6.54 Å². The maximum absolute atomic E-state index is 12.2. The first-order valence-electron chi connectivity index (χ1n) is 8.27. The fourth-order valence-electron chi connectivity index (χ4n) is 3.44. The van der Waals surface area contributed by atoms with Crippen molar-refractivity contribution >= 4 is 29.2 Å². The van der Waals surface area contributed by atoms with Crippen molar-refractivity contribution in [2.24, 2.45) is 0 Å². The summed E-state index contributed by atoms with van der Waals surface area (Å²) in [7, 11) is 0. The Morgan fingerprint density at radius 1 is 1.30 bits per heavy atom. The van der Waals surface area contributed by atoms with Crippen LogP contribution in [0.3, 0.4) is 0 Å². The van der Waals surface area contributed by atoms with Gasteiger partial charge < -0.3 is 10.2 Å². The quantitative estimate of drug-likeness (QED) is 0.895. The molecule has 23 heavy (non-hydrogen) atoms. The zero-order chi connectivity index (χ0) is 16.4. The molecule has 2 fully saturated rings. The molecule has 3 rings (SSSR count). The molecule has 1 unspecified atom stereocenters. The minimum atomic E-state index is -0.0167. The molecule has 0 aromatic heterocycles. The highest BCUT2D eigenvalue weighted by atomic mass is 35.5. The molecule has 0 bridgehead atoms. The molecular formula is C17H23Cl2N3O. The zero-order valence-electron chi connectivity index (χ0n) is 13.4. The van der Waals surface area contributed by atoms with E-state index in [-0.39, 0.29) is 6.03 Å². The number of hydrogen-bond acceptors (Lipinski definition) is 2. The highest BCUT2D eigenvalue weighted by Gasteiger charge is 2.37.